The Kier molecular flexibility index (Phi) is 5.21. The maximum atomic E-state index is 13.8. The molecule has 168 valence electrons. The van der Waals surface area contributed by atoms with E-state index in [1.807, 2.05) is 91.5 Å². The SMILES string of the molecule is COc1ccc(NC(=O)[C@@H]2[C@@H]3NC(=S)N(c4ccc(C)cc4)[C@]2(C)Oc2ccccc23)cc1. The molecule has 2 N–H and O–H groups in total. The minimum absolute atomic E-state index is 0.158. The highest BCUT2D eigenvalue weighted by atomic mass is 32.1. The lowest BCUT2D eigenvalue weighted by atomic mass is 9.78. The molecule has 3 atom stereocenters. The third-order valence-electron chi connectivity index (χ3n) is 6.34. The van der Waals surface area contributed by atoms with Crippen LogP contribution in [-0.2, 0) is 4.79 Å². The van der Waals surface area contributed by atoms with Gasteiger partial charge in [-0.25, -0.2) is 0 Å². The Balaban J connectivity index is 1.58. The van der Waals surface area contributed by atoms with Crippen molar-refractivity contribution < 1.29 is 14.3 Å². The number of rotatable bonds is 4. The third-order valence-corrected chi connectivity index (χ3v) is 6.64. The van der Waals surface area contributed by atoms with Crippen LogP contribution in [0.25, 0.3) is 0 Å². The van der Waals surface area contributed by atoms with E-state index < -0.39 is 11.6 Å². The Morgan fingerprint density at radius 1 is 1.09 bits per heavy atom. The van der Waals surface area contributed by atoms with Gasteiger partial charge >= 0.3 is 0 Å². The smallest absolute Gasteiger partial charge is 0.236 e. The zero-order valence-electron chi connectivity index (χ0n) is 18.7. The molecule has 0 aromatic heterocycles. The summed E-state index contributed by atoms with van der Waals surface area (Å²) in [5, 5.41) is 7.01. The van der Waals surface area contributed by atoms with Crippen LogP contribution in [0, 0.1) is 12.8 Å². The van der Waals surface area contributed by atoms with Gasteiger partial charge < -0.3 is 20.1 Å². The molecular formula is C26H25N3O3S. The topological polar surface area (TPSA) is 62.8 Å². The van der Waals surface area contributed by atoms with Crippen LogP contribution in [-0.4, -0.2) is 23.9 Å². The highest BCUT2D eigenvalue weighted by Gasteiger charge is 2.59. The fourth-order valence-corrected chi connectivity index (χ4v) is 5.12. The molecule has 5 rings (SSSR count). The number of fused-ring (bicyclic) bond motifs is 4. The molecule has 0 spiro atoms. The number of para-hydroxylation sites is 1. The van der Waals surface area contributed by atoms with Gasteiger partial charge in [-0.3, -0.25) is 9.69 Å². The number of hydrogen-bond acceptors (Lipinski definition) is 4. The number of carbonyl (C=O) groups excluding carboxylic acids is 1. The molecule has 6 nitrogen and oxygen atoms in total. The second-order valence-electron chi connectivity index (χ2n) is 8.49. The molecule has 0 unspecified atom stereocenters. The quantitative estimate of drug-likeness (QED) is 0.547. The number of nitrogens with one attached hydrogen (secondary N) is 2. The summed E-state index contributed by atoms with van der Waals surface area (Å²) in [5.41, 5.74) is 2.57. The molecule has 0 radical (unpaired) electrons. The molecule has 3 aromatic rings. The van der Waals surface area contributed by atoms with E-state index in [4.69, 9.17) is 21.7 Å². The lowest BCUT2D eigenvalue weighted by molar-refractivity contribution is -0.130. The highest BCUT2D eigenvalue weighted by Crippen LogP contribution is 2.49. The van der Waals surface area contributed by atoms with E-state index in [9.17, 15) is 4.79 Å². The fraction of sp³-hybridized carbons (Fsp3) is 0.231. The van der Waals surface area contributed by atoms with Crippen molar-refractivity contribution >= 4 is 34.6 Å². The molecule has 2 bridgehead atoms. The Labute approximate surface area is 198 Å². The molecular weight excluding hydrogens is 434 g/mol. The highest BCUT2D eigenvalue weighted by molar-refractivity contribution is 7.80. The number of methoxy groups -OCH3 is 1. The van der Waals surface area contributed by atoms with E-state index in [1.54, 1.807) is 7.11 Å². The van der Waals surface area contributed by atoms with Gasteiger partial charge in [0.25, 0.3) is 0 Å². The number of amides is 1. The van der Waals surface area contributed by atoms with Crippen molar-refractivity contribution in [2.75, 3.05) is 17.3 Å². The molecule has 3 aromatic carbocycles. The standard InChI is InChI=1S/C26H25N3O3S/c1-16-8-12-18(13-9-16)29-25(33)28-23-20-6-4-5-7-21(20)32-26(29,2)22(23)24(30)27-17-10-14-19(31-3)15-11-17/h4-15,22-23H,1-3H3,(H,27,30)(H,28,33)/t22-,23+,26+/m0/s1. The van der Waals surface area contributed by atoms with E-state index in [2.05, 4.69) is 10.6 Å². The van der Waals surface area contributed by atoms with Gasteiger partial charge in [0.1, 0.15) is 17.4 Å². The summed E-state index contributed by atoms with van der Waals surface area (Å²) in [5.74, 6) is 0.728. The Morgan fingerprint density at radius 2 is 1.79 bits per heavy atom. The minimum Gasteiger partial charge on any atom is -0.497 e. The van der Waals surface area contributed by atoms with Gasteiger partial charge in [-0.05, 0) is 68.5 Å². The summed E-state index contributed by atoms with van der Waals surface area (Å²) in [6.07, 6.45) is 0. The summed E-state index contributed by atoms with van der Waals surface area (Å²) in [7, 11) is 1.61. The number of thiocarbonyl (C=S) groups is 1. The van der Waals surface area contributed by atoms with Gasteiger partial charge in [0.05, 0.1) is 13.2 Å². The van der Waals surface area contributed by atoms with Crippen molar-refractivity contribution in [3.63, 3.8) is 0 Å². The first-order valence-electron chi connectivity index (χ1n) is 10.8. The van der Waals surface area contributed by atoms with Gasteiger partial charge in [0.2, 0.25) is 5.91 Å². The summed E-state index contributed by atoms with van der Waals surface area (Å²) in [4.78, 5) is 15.7. The normalized spacial score (nSPS) is 23.1. The molecule has 1 saturated heterocycles. The lowest BCUT2D eigenvalue weighted by Gasteiger charge is -2.56. The van der Waals surface area contributed by atoms with Gasteiger partial charge in [-0.15, -0.1) is 0 Å². The fourth-order valence-electron chi connectivity index (χ4n) is 4.71. The minimum atomic E-state index is -1.03. The van der Waals surface area contributed by atoms with Crippen LogP contribution in [0.2, 0.25) is 0 Å². The maximum absolute atomic E-state index is 13.8. The first kappa shape index (κ1) is 21.3. The molecule has 1 amide bonds. The number of ether oxygens (including phenoxy) is 2. The third kappa shape index (κ3) is 3.58. The average molecular weight is 460 g/mol. The summed E-state index contributed by atoms with van der Waals surface area (Å²) < 4.78 is 11.8. The van der Waals surface area contributed by atoms with Crippen LogP contribution >= 0.6 is 12.2 Å². The molecule has 1 fully saturated rings. The number of nitrogens with zero attached hydrogens (tertiary/aromatic N) is 1. The predicted octanol–water partition coefficient (Wildman–Crippen LogP) is 4.80. The monoisotopic (exact) mass is 459 g/mol. The molecule has 2 aliphatic heterocycles. The van der Waals surface area contributed by atoms with Crippen LogP contribution < -0.4 is 25.0 Å². The van der Waals surface area contributed by atoms with E-state index in [1.165, 1.54) is 0 Å². The molecule has 7 heteroatoms. The largest absolute Gasteiger partial charge is 0.497 e. The van der Waals surface area contributed by atoms with Crippen LogP contribution in [0.4, 0.5) is 11.4 Å². The van der Waals surface area contributed by atoms with E-state index in [0.29, 0.717) is 10.8 Å². The Bertz CT molecular complexity index is 1210. The molecule has 0 saturated carbocycles. The average Bonchev–Trinajstić information content (AvgIpc) is 2.80. The Morgan fingerprint density at radius 3 is 2.48 bits per heavy atom. The summed E-state index contributed by atoms with van der Waals surface area (Å²) in [6, 6.07) is 22.8. The molecule has 2 heterocycles. The van der Waals surface area contributed by atoms with Gasteiger partial charge in [-0.2, -0.15) is 0 Å². The van der Waals surface area contributed by atoms with Crippen molar-refractivity contribution in [2.45, 2.75) is 25.6 Å². The first-order valence-corrected chi connectivity index (χ1v) is 11.2. The number of aryl methyl sites for hydroxylation is 1. The van der Waals surface area contributed by atoms with Crippen LogP contribution in [0.5, 0.6) is 11.5 Å². The lowest BCUT2D eigenvalue weighted by Crippen LogP contribution is -2.72. The first-order chi connectivity index (χ1) is 15.9. The van der Waals surface area contributed by atoms with Gasteiger partial charge in [0.15, 0.2) is 10.8 Å². The van der Waals surface area contributed by atoms with Gasteiger partial charge in [0, 0.05) is 16.9 Å². The van der Waals surface area contributed by atoms with Crippen LogP contribution in [0.3, 0.4) is 0 Å². The van der Waals surface area contributed by atoms with Crippen LogP contribution in [0.1, 0.15) is 24.1 Å². The zero-order chi connectivity index (χ0) is 23.2. The number of carbonyl (C=O) groups is 1. The van der Waals surface area contributed by atoms with Crippen molar-refractivity contribution in [1.82, 2.24) is 5.32 Å². The van der Waals surface area contributed by atoms with Crippen molar-refractivity contribution in [2.24, 2.45) is 5.92 Å². The Hall–Kier alpha value is -3.58. The van der Waals surface area contributed by atoms with Crippen molar-refractivity contribution in [3.05, 3.63) is 83.9 Å². The van der Waals surface area contributed by atoms with Gasteiger partial charge in [-0.1, -0.05) is 35.9 Å². The zero-order valence-corrected chi connectivity index (χ0v) is 19.5. The number of benzene rings is 3. The van der Waals surface area contributed by atoms with E-state index >= 15 is 0 Å². The molecule has 33 heavy (non-hydrogen) atoms. The second-order valence-corrected chi connectivity index (χ2v) is 8.87. The van der Waals surface area contributed by atoms with E-state index in [-0.39, 0.29) is 11.9 Å². The number of hydrogen-bond donors (Lipinski definition) is 2. The van der Waals surface area contributed by atoms with E-state index in [0.717, 1.165) is 28.3 Å². The van der Waals surface area contributed by atoms with Crippen molar-refractivity contribution in [1.29, 1.82) is 0 Å². The molecule has 2 aliphatic rings. The van der Waals surface area contributed by atoms with Crippen LogP contribution in [0.15, 0.2) is 72.8 Å². The maximum Gasteiger partial charge on any atom is 0.236 e. The summed E-state index contributed by atoms with van der Waals surface area (Å²) in [6.45, 7) is 3.97. The van der Waals surface area contributed by atoms with Crippen molar-refractivity contribution in [3.8, 4) is 11.5 Å². The predicted molar refractivity (Wildman–Crippen MR) is 133 cm³/mol. The molecule has 0 aliphatic carbocycles. The summed E-state index contributed by atoms with van der Waals surface area (Å²) >= 11 is 5.78. The number of anilines is 2. The second kappa shape index (κ2) is 8.08.